The molecule has 0 radical (unpaired) electrons. The lowest BCUT2D eigenvalue weighted by Crippen LogP contribution is -2.40. The fraction of sp³-hybridized carbons (Fsp3) is 0.562. The number of nitrogens with one attached hydrogen (secondary N) is 2. The van der Waals surface area contributed by atoms with Gasteiger partial charge in [-0.15, -0.1) is 0 Å². The molecule has 1 atom stereocenters. The molecule has 0 aliphatic heterocycles. The number of rotatable bonds is 5. The summed E-state index contributed by atoms with van der Waals surface area (Å²) in [6.07, 6.45) is 3.79. The Morgan fingerprint density at radius 3 is 2.74 bits per heavy atom. The second kappa shape index (κ2) is 6.09. The molecular weight excluding hydrogens is 236 g/mol. The van der Waals surface area contributed by atoms with Crippen molar-refractivity contribution in [2.75, 3.05) is 11.9 Å². The minimum Gasteiger partial charge on any atom is -0.385 e. The first-order valence-corrected chi connectivity index (χ1v) is 7.27. The molecular formula is C16H24N2O. The summed E-state index contributed by atoms with van der Waals surface area (Å²) in [5, 5.41) is 6.40. The van der Waals surface area contributed by atoms with Crippen LogP contribution in [0.3, 0.4) is 0 Å². The number of benzene rings is 1. The zero-order valence-electron chi connectivity index (χ0n) is 12.1. The maximum Gasteiger partial charge on any atom is 0.253 e. The number of amides is 1. The SMILES string of the molecule is CCNc1ccc(C)cc1C(=O)NC(C)C1CCC1. The highest BCUT2D eigenvalue weighted by Gasteiger charge is 2.25. The van der Waals surface area contributed by atoms with Crippen LogP contribution in [0.5, 0.6) is 0 Å². The van der Waals surface area contributed by atoms with Crippen molar-refractivity contribution >= 4 is 11.6 Å². The van der Waals surface area contributed by atoms with Gasteiger partial charge in [0.1, 0.15) is 0 Å². The van der Waals surface area contributed by atoms with Gasteiger partial charge in [0.2, 0.25) is 0 Å². The number of carbonyl (C=O) groups excluding carboxylic acids is 1. The number of anilines is 1. The van der Waals surface area contributed by atoms with Crippen LogP contribution >= 0.6 is 0 Å². The van der Waals surface area contributed by atoms with E-state index in [2.05, 4.69) is 17.6 Å². The quantitative estimate of drug-likeness (QED) is 0.852. The topological polar surface area (TPSA) is 41.1 Å². The molecule has 1 amide bonds. The van der Waals surface area contributed by atoms with Gasteiger partial charge in [-0.1, -0.05) is 18.1 Å². The highest BCUT2D eigenvalue weighted by atomic mass is 16.1. The van der Waals surface area contributed by atoms with E-state index in [1.807, 2.05) is 32.0 Å². The van der Waals surface area contributed by atoms with Gasteiger partial charge in [-0.3, -0.25) is 4.79 Å². The Kier molecular flexibility index (Phi) is 4.46. The molecule has 2 N–H and O–H groups in total. The fourth-order valence-electron chi connectivity index (χ4n) is 2.53. The van der Waals surface area contributed by atoms with Crippen LogP contribution in [0.1, 0.15) is 49.0 Å². The van der Waals surface area contributed by atoms with Crippen LogP contribution in [-0.4, -0.2) is 18.5 Å². The second-order valence-electron chi connectivity index (χ2n) is 5.53. The molecule has 1 fully saturated rings. The highest BCUT2D eigenvalue weighted by molar-refractivity contribution is 6.00. The predicted octanol–water partition coefficient (Wildman–Crippen LogP) is 3.35. The summed E-state index contributed by atoms with van der Waals surface area (Å²) >= 11 is 0. The molecule has 3 nitrogen and oxygen atoms in total. The first-order valence-electron chi connectivity index (χ1n) is 7.27. The van der Waals surface area contributed by atoms with Crippen molar-refractivity contribution in [3.05, 3.63) is 29.3 Å². The fourth-order valence-corrected chi connectivity index (χ4v) is 2.53. The Balaban J connectivity index is 2.10. The molecule has 0 heterocycles. The van der Waals surface area contributed by atoms with Crippen LogP contribution in [0.4, 0.5) is 5.69 Å². The number of carbonyl (C=O) groups is 1. The summed E-state index contributed by atoms with van der Waals surface area (Å²) in [6, 6.07) is 6.25. The molecule has 1 aromatic rings. The molecule has 0 saturated heterocycles. The molecule has 2 rings (SSSR count). The lowest BCUT2D eigenvalue weighted by molar-refractivity contribution is 0.0910. The van der Waals surface area contributed by atoms with E-state index in [9.17, 15) is 4.79 Å². The summed E-state index contributed by atoms with van der Waals surface area (Å²) < 4.78 is 0. The smallest absolute Gasteiger partial charge is 0.253 e. The molecule has 1 saturated carbocycles. The summed E-state index contributed by atoms with van der Waals surface area (Å²) in [7, 11) is 0. The molecule has 3 heteroatoms. The van der Waals surface area contributed by atoms with E-state index in [4.69, 9.17) is 0 Å². The van der Waals surface area contributed by atoms with Gasteiger partial charge in [-0.25, -0.2) is 0 Å². The number of hydrogen-bond donors (Lipinski definition) is 2. The minimum atomic E-state index is 0.0408. The predicted molar refractivity (Wildman–Crippen MR) is 79.6 cm³/mol. The van der Waals surface area contributed by atoms with Gasteiger partial charge in [0, 0.05) is 18.3 Å². The Morgan fingerprint density at radius 2 is 2.16 bits per heavy atom. The lowest BCUT2D eigenvalue weighted by atomic mass is 9.80. The van der Waals surface area contributed by atoms with Crippen molar-refractivity contribution in [2.45, 2.75) is 46.1 Å². The average molecular weight is 260 g/mol. The van der Waals surface area contributed by atoms with E-state index in [1.54, 1.807) is 0 Å². The lowest BCUT2D eigenvalue weighted by Gasteiger charge is -2.32. The summed E-state index contributed by atoms with van der Waals surface area (Å²) in [4.78, 5) is 12.4. The van der Waals surface area contributed by atoms with Gasteiger partial charge < -0.3 is 10.6 Å². The third-order valence-electron chi connectivity index (χ3n) is 4.00. The van der Waals surface area contributed by atoms with Crippen molar-refractivity contribution in [1.82, 2.24) is 5.32 Å². The third-order valence-corrected chi connectivity index (χ3v) is 4.00. The summed E-state index contributed by atoms with van der Waals surface area (Å²) in [5.41, 5.74) is 2.79. The molecule has 0 spiro atoms. The van der Waals surface area contributed by atoms with Gasteiger partial charge >= 0.3 is 0 Å². The molecule has 1 aliphatic carbocycles. The van der Waals surface area contributed by atoms with E-state index in [1.165, 1.54) is 19.3 Å². The second-order valence-corrected chi connectivity index (χ2v) is 5.53. The molecule has 104 valence electrons. The zero-order chi connectivity index (χ0) is 13.8. The van der Waals surface area contributed by atoms with Crippen LogP contribution in [0.15, 0.2) is 18.2 Å². The van der Waals surface area contributed by atoms with E-state index in [0.717, 1.165) is 23.4 Å². The standard InChI is InChI=1S/C16H24N2O/c1-4-17-15-9-8-11(2)10-14(15)16(19)18-12(3)13-6-5-7-13/h8-10,12-13,17H,4-7H2,1-3H3,(H,18,19). The van der Waals surface area contributed by atoms with Gasteiger partial charge in [0.25, 0.3) is 5.91 Å². The van der Waals surface area contributed by atoms with E-state index in [-0.39, 0.29) is 11.9 Å². The third kappa shape index (κ3) is 3.28. The van der Waals surface area contributed by atoms with Crippen molar-refractivity contribution in [1.29, 1.82) is 0 Å². The molecule has 1 aliphatic rings. The van der Waals surface area contributed by atoms with Gasteiger partial charge in [0.15, 0.2) is 0 Å². The molecule has 1 unspecified atom stereocenters. The van der Waals surface area contributed by atoms with Crippen molar-refractivity contribution in [3.63, 3.8) is 0 Å². The average Bonchev–Trinajstić information content (AvgIpc) is 2.29. The Labute approximate surface area is 115 Å². The van der Waals surface area contributed by atoms with Gasteiger partial charge in [0.05, 0.1) is 5.56 Å². The molecule has 1 aromatic carbocycles. The van der Waals surface area contributed by atoms with Crippen molar-refractivity contribution in [2.24, 2.45) is 5.92 Å². The number of aryl methyl sites for hydroxylation is 1. The zero-order valence-corrected chi connectivity index (χ0v) is 12.1. The Morgan fingerprint density at radius 1 is 1.42 bits per heavy atom. The summed E-state index contributed by atoms with van der Waals surface area (Å²) in [5.74, 6) is 0.704. The summed E-state index contributed by atoms with van der Waals surface area (Å²) in [6.45, 7) is 6.99. The van der Waals surface area contributed by atoms with E-state index >= 15 is 0 Å². The van der Waals surface area contributed by atoms with Gasteiger partial charge in [-0.2, -0.15) is 0 Å². The number of hydrogen-bond acceptors (Lipinski definition) is 2. The van der Waals surface area contributed by atoms with Crippen LogP contribution in [0.2, 0.25) is 0 Å². The normalized spacial score (nSPS) is 16.6. The maximum atomic E-state index is 12.4. The minimum absolute atomic E-state index is 0.0408. The molecule has 0 aromatic heterocycles. The first-order chi connectivity index (χ1) is 9.11. The first kappa shape index (κ1) is 13.9. The van der Waals surface area contributed by atoms with Crippen LogP contribution in [-0.2, 0) is 0 Å². The monoisotopic (exact) mass is 260 g/mol. The highest BCUT2D eigenvalue weighted by Crippen LogP contribution is 2.29. The van der Waals surface area contributed by atoms with Crippen molar-refractivity contribution in [3.8, 4) is 0 Å². The molecule has 19 heavy (non-hydrogen) atoms. The van der Waals surface area contributed by atoms with Crippen LogP contribution in [0, 0.1) is 12.8 Å². The largest absolute Gasteiger partial charge is 0.385 e. The van der Waals surface area contributed by atoms with Crippen LogP contribution < -0.4 is 10.6 Å². The maximum absolute atomic E-state index is 12.4. The Hall–Kier alpha value is -1.51. The van der Waals surface area contributed by atoms with Crippen molar-refractivity contribution < 1.29 is 4.79 Å². The Bertz CT molecular complexity index is 452. The van der Waals surface area contributed by atoms with E-state index in [0.29, 0.717) is 5.92 Å². The molecule has 0 bridgehead atoms. The van der Waals surface area contributed by atoms with E-state index < -0.39 is 0 Å². The van der Waals surface area contributed by atoms with Gasteiger partial charge in [-0.05, 0) is 51.7 Å². The van der Waals surface area contributed by atoms with Crippen LogP contribution in [0.25, 0.3) is 0 Å².